The van der Waals surface area contributed by atoms with Crippen molar-refractivity contribution >= 4 is 22.6 Å². The van der Waals surface area contributed by atoms with Gasteiger partial charge in [0.05, 0.1) is 12.6 Å². The third-order valence-corrected chi connectivity index (χ3v) is 5.73. The standard InChI is InChI=1S/C19H21F2N7S/c1-12-10-15(17(20)21)23-27(12)13(2)18-25-28(19(22)29-18)16-8-9-26(24-16)11-14-6-4-3-5-7-14/h3-10,13,17,19H,11,22H2,1-2H3. The highest BCUT2D eigenvalue weighted by atomic mass is 32.2. The first kappa shape index (κ1) is 19.6. The van der Waals surface area contributed by atoms with Gasteiger partial charge in [0.15, 0.2) is 11.3 Å². The normalized spacial score (nSPS) is 17.8. The second kappa shape index (κ2) is 7.96. The topological polar surface area (TPSA) is 77.3 Å². The smallest absolute Gasteiger partial charge is 0.282 e. The molecule has 2 N–H and O–H groups in total. The van der Waals surface area contributed by atoms with Crippen molar-refractivity contribution < 1.29 is 8.78 Å². The number of nitrogens with zero attached hydrogens (tertiary/aromatic N) is 6. The molecular formula is C19H21F2N7S. The number of hydrazone groups is 1. The molecule has 0 aliphatic carbocycles. The van der Waals surface area contributed by atoms with Gasteiger partial charge in [0.1, 0.15) is 10.7 Å². The molecule has 1 aliphatic heterocycles. The van der Waals surface area contributed by atoms with E-state index in [1.807, 2.05) is 54.2 Å². The number of aromatic nitrogens is 4. The molecule has 0 saturated heterocycles. The largest absolute Gasteiger partial charge is 0.301 e. The molecule has 2 atom stereocenters. The third kappa shape index (κ3) is 4.03. The lowest BCUT2D eigenvalue weighted by Crippen LogP contribution is -2.32. The number of anilines is 1. The second-order valence-corrected chi connectivity index (χ2v) is 7.92. The van der Waals surface area contributed by atoms with E-state index in [4.69, 9.17) is 5.73 Å². The number of nitrogens with two attached hydrogens (primary N) is 1. The van der Waals surface area contributed by atoms with Crippen LogP contribution in [0, 0.1) is 6.92 Å². The minimum atomic E-state index is -2.60. The summed E-state index contributed by atoms with van der Waals surface area (Å²) in [6.07, 6.45) is -0.726. The van der Waals surface area contributed by atoms with E-state index in [1.54, 1.807) is 16.6 Å². The summed E-state index contributed by atoms with van der Waals surface area (Å²) in [5.74, 6) is 0.633. The predicted molar refractivity (Wildman–Crippen MR) is 110 cm³/mol. The number of alkyl halides is 2. The van der Waals surface area contributed by atoms with Gasteiger partial charge in [0, 0.05) is 18.0 Å². The van der Waals surface area contributed by atoms with Crippen LogP contribution >= 0.6 is 11.8 Å². The van der Waals surface area contributed by atoms with Crippen molar-refractivity contribution in [1.82, 2.24) is 19.6 Å². The van der Waals surface area contributed by atoms with Crippen LogP contribution in [0.2, 0.25) is 0 Å². The van der Waals surface area contributed by atoms with Crippen LogP contribution in [0.25, 0.3) is 0 Å². The van der Waals surface area contributed by atoms with E-state index in [1.165, 1.54) is 17.8 Å². The fourth-order valence-electron chi connectivity index (χ4n) is 3.17. The van der Waals surface area contributed by atoms with Crippen molar-refractivity contribution in [3.05, 3.63) is 65.6 Å². The van der Waals surface area contributed by atoms with Gasteiger partial charge >= 0.3 is 0 Å². The molecule has 2 unspecified atom stereocenters. The highest BCUT2D eigenvalue weighted by Gasteiger charge is 2.31. The minimum Gasteiger partial charge on any atom is -0.301 e. The van der Waals surface area contributed by atoms with E-state index in [-0.39, 0.29) is 11.7 Å². The molecule has 0 bridgehead atoms. The van der Waals surface area contributed by atoms with Gasteiger partial charge in [-0.15, -0.1) is 0 Å². The van der Waals surface area contributed by atoms with Gasteiger partial charge in [-0.2, -0.15) is 15.3 Å². The predicted octanol–water partition coefficient (Wildman–Crippen LogP) is 3.74. The van der Waals surface area contributed by atoms with Gasteiger partial charge in [0.25, 0.3) is 6.43 Å². The molecule has 0 saturated carbocycles. The van der Waals surface area contributed by atoms with Gasteiger partial charge in [0.2, 0.25) is 0 Å². The molecule has 4 rings (SSSR count). The summed E-state index contributed by atoms with van der Waals surface area (Å²) in [7, 11) is 0. The molecule has 10 heteroatoms. The first-order valence-electron chi connectivity index (χ1n) is 9.14. The third-order valence-electron chi connectivity index (χ3n) is 4.63. The highest BCUT2D eigenvalue weighted by Crippen LogP contribution is 2.33. The molecule has 1 aliphatic rings. The number of hydrogen-bond donors (Lipinski definition) is 1. The van der Waals surface area contributed by atoms with Crippen molar-refractivity contribution in [2.45, 2.75) is 38.4 Å². The van der Waals surface area contributed by atoms with Gasteiger partial charge < -0.3 is 5.73 Å². The molecular weight excluding hydrogens is 396 g/mol. The number of hydrogen-bond acceptors (Lipinski definition) is 6. The summed E-state index contributed by atoms with van der Waals surface area (Å²) < 4.78 is 29.3. The number of aryl methyl sites for hydroxylation is 1. The van der Waals surface area contributed by atoms with Crippen LogP contribution in [0.15, 0.2) is 53.8 Å². The molecule has 0 fully saturated rings. The minimum absolute atomic E-state index is 0.237. The Kier molecular flexibility index (Phi) is 5.37. The zero-order valence-electron chi connectivity index (χ0n) is 16.0. The first-order valence-corrected chi connectivity index (χ1v) is 10.0. The number of rotatable bonds is 6. The Hall–Kier alpha value is -2.72. The molecule has 152 valence electrons. The quantitative estimate of drug-likeness (QED) is 0.661. The maximum Gasteiger partial charge on any atom is 0.282 e. The summed E-state index contributed by atoms with van der Waals surface area (Å²) in [6, 6.07) is 13.0. The Morgan fingerprint density at radius 3 is 2.62 bits per heavy atom. The van der Waals surface area contributed by atoms with Crippen LogP contribution in [0.3, 0.4) is 0 Å². The van der Waals surface area contributed by atoms with E-state index in [9.17, 15) is 8.78 Å². The Morgan fingerprint density at radius 1 is 1.17 bits per heavy atom. The van der Waals surface area contributed by atoms with E-state index < -0.39 is 11.9 Å². The fraction of sp³-hybridized carbons (Fsp3) is 0.316. The Labute approximate surface area is 171 Å². The molecule has 0 spiro atoms. The summed E-state index contributed by atoms with van der Waals surface area (Å²) >= 11 is 1.37. The van der Waals surface area contributed by atoms with E-state index in [0.29, 0.717) is 23.1 Å². The molecule has 0 amide bonds. The lowest BCUT2D eigenvalue weighted by molar-refractivity contribution is 0.145. The van der Waals surface area contributed by atoms with Crippen LogP contribution < -0.4 is 10.7 Å². The van der Waals surface area contributed by atoms with Crippen LogP contribution in [-0.4, -0.2) is 30.1 Å². The van der Waals surface area contributed by atoms with Gasteiger partial charge in [-0.1, -0.05) is 42.1 Å². The van der Waals surface area contributed by atoms with Gasteiger partial charge in [-0.25, -0.2) is 13.8 Å². The second-order valence-electron chi connectivity index (χ2n) is 6.78. The van der Waals surface area contributed by atoms with Gasteiger partial charge in [-0.05, 0) is 25.5 Å². The van der Waals surface area contributed by atoms with E-state index in [0.717, 1.165) is 5.56 Å². The Bertz CT molecular complexity index is 1010. The Balaban J connectivity index is 1.52. The lowest BCUT2D eigenvalue weighted by atomic mass is 10.2. The number of halogens is 2. The Morgan fingerprint density at radius 2 is 1.93 bits per heavy atom. The zero-order chi connectivity index (χ0) is 20.5. The average molecular weight is 417 g/mol. The van der Waals surface area contributed by atoms with Crippen molar-refractivity contribution in [1.29, 1.82) is 0 Å². The van der Waals surface area contributed by atoms with Crippen LogP contribution in [0.4, 0.5) is 14.6 Å². The highest BCUT2D eigenvalue weighted by molar-refractivity contribution is 8.14. The summed E-state index contributed by atoms with van der Waals surface area (Å²) in [6.45, 7) is 4.26. The molecule has 0 radical (unpaired) electrons. The van der Waals surface area contributed by atoms with Crippen LogP contribution in [0.1, 0.15) is 36.3 Å². The summed E-state index contributed by atoms with van der Waals surface area (Å²) in [5, 5.41) is 15.5. The van der Waals surface area contributed by atoms with Crippen molar-refractivity contribution in [2.24, 2.45) is 10.8 Å². The SMILES string of the molecule is Cc1cc(C(F)F)nn1C(C)C1=NN(c2ccn(Cc3ccccc3)n2)C(N)S1. The van der Waals surface area contributed by atoms with Crippen molar-refractivity contribution in [3.63, 3.8) is 0 Å². The molecule has 7 nitrogen and oxygen atoms in total. The molecule has 29 heavy (non-hydrogen) atoms. The van der Waals surface area contributed by atoms with E-state index >= 15 is 0 Å². The fourth-order valence-corrected chi connectivity index (χ4v) is 4.11. The average Bonchev–Trinajstić information content (AvgIpc) is 3.40. The van der Waals surface area contributed by atoms with Crippen molar-refractivity contribution in [2.75, 3.05) is 5.01 Å². The monoisotopic (exact) mass is 417 g/mol. The maximum atomic E-state index is 13.0. The zero-order valence-corrected chi connectivity index (χ0v) is 16.8. The van der Waals surface area contributed by atoms with E-state index in [2.05, 4.69) is 15.3 Å². The molecule has 2 aromatic heterocycles. The lowest BCUT2D eigenvalue weighted by Gasteiger charge is -2.15. The van der Waals surface area contributed by atoms with Crippen molar-refractivity contribution in [3.8, 4) is 0 Å². The number of benzene rings is 1. The summed E-state index contributed by atoms with van der Waals surface area (Å²) in [4.78, 5) is 0. The maximum absolute atomic E-state index is 13.0. The molecule has 3 aromatic rings. The number of thioether (sulfide) groups is 1. The van der Waals surface area contributed by atoms with Crippen LogP contribution in [0.5, 0.6) is 0 Å². The first-order chi connectivity index (χ1) is 13.9. The van der Waals surface area contributed by atoms with Gasteiger partial charge in [-0.3, -0.25) is 9.36 Å². The molecule has 1 aromatic carbocycles. The van der Waals surface area contributed by atoms with Crippen LogP contribution in [-0.2, 0) is 6.54 Å². The molecule has 3 heterocycles. The summed E-state index contributed by atoms with van der Waals surface area (Å²) in [5.41, 5.74) is 7.35.